The summed E-state index contributed by atoms with van der Waals surface area (Å²) in [6.07, 6.45) is 1.58. The molecule has 3 aromatic heterocycles. The van der Waals surface area contributed by atoms with Gasteiger partial charge in [0.05, 0.1) is 42.6 Å². The number of carbonyl (C=O) groups is 1. The number of aromatic nitrogens is 5. The van der Waals surface area contributed by atoms with Crippen molar-refractivity contribution in [2.45, 2.75) is 32.1 Å². The first kappa shape index (κ1) is 28.5. The van der Waals surface area contributed by atoms with Crippen molar-refractivity contribution in [1.29, 1.82) is 5.26 Å². The second kappa shape index (κ2) is 10.9. The van der Waals surface area contributed by atoms with Crippen molar-refractivity contribution >= 4 is 23.3 Å². The number of halogens is 3. The van der Waals surface area contributed by atoms with E-state index in [1.165, 1.54) is 28.7 Å². The van der Waals surface area contributed by atoms with E-state index in [0.717, 1.165) is 17.8 Å². The Morgan fingerprint density at radius 3 is 2.70 bits per heavy atom. The Morgan fingerprint density at radius 2 is 1.95 bits per heavy atom. The number of H-pyrrole nitrogens is 1. The molecule has 0 unspecified atom stereocenters. The minimum absolute atomic E-state index is 0.00686. The first-order valence-electron chi connectivity index (χ1n) is 13.5. The zero-order chi connectivity index (χ0) is 31.2. The average molecular weight is 601 g/mol. The lowest BCUT2D eigenvalue weighted by molar-refractivity contribution is -0.670. The molecule has 0 amide bonds. The van der Waals surface area contributed by atoms with E-state index in [1.807, 2.05) is 45.8 Å². The average Bonchev–Trinajstić information content (AvgIpc) is 3.61. The van der Waals surface area contributed by atoms with E-state index in [1.54, 1.807) is 25.1 Å². The quantitative estimate of drug-likeness (QED) is 0.228. The highest BCUT2D eigenvalue weighted by Crippen LogP contribution is 2.43. The van der Waals surface area contributed by atoms with Gasteiger partial charge in [0.1, 0.15) is 18.4 Å². The van der Waals surface area contributed by atoms with Crippen LogP contribution < -0.4 is 15.2 Å². The third-order valence-electron chi connectivity index (χ3n) is 7.74. The highest BCUT2D eigenvalue weighted by molar-refractivity contribution is 5.93. The van der Waals surface area contributed by atoms with Gasteiger partial charge in [-0.2, -0.15) is 18.4 Å². The van der Waals surface area contributed by atoms with Gasteiger partial charge in [0.25, 0.3) is 5.65 Å². The number of hydrogen-bond acceptors (Lipinski definition) is 6. The maximum atomic E-state index is 13.6. The largest absolute Gasteiger partial charge is 0.466 e. The zero-order valence-corrected chi connectivity index (χ0v) is 23.5. The van der Waals surface area contributed by atoms with Crippen LogP contribution in [0.3, 0.4) is 0 Å². The molecule has 1 aliphatic rings. The number of hydrogen-bond donors (Lipinski definition) is 1. The Hall–Kier alpha value is -5.64. The number of allylic oxidation sites excluding steroid dienone is 1. The molecule has 6 rings (SSSR count). The molecule has 222 valence electrons. The van der Waals surface area contributed by atoms with Gasteiger partial charge in [-0.25, -0.2) is 28.2 Å². The zero-order valence-electron chi connectivity index (χ0n) is 23.5. The van der Waals surface area contributed by atoms with Crippen LogP contribution in [0, 0.1) is 11.3 Å². The SMILES string of the molecule is COC(=O)C1=C(C)N(c2cccc(C(F)(F)F)c2)c2n[nH]c(=O)n2[C@@H]1c1ccc(C#N)cc1CC[n+]1ccn2ccccc21. The number of aryl methyl sites for hydroxylation is 2. The smallest absolute Gasteiger partial charge is 0.416 e. The molecule has 4 heterocycles. The lowest BCUT2D eigenvalue weighted by atomic mass is 9.89. The third kappa shape index (κ3) is 4.80. The summed E-state index contributed by atoms with van der Waals surface area (Å²) >= 11 is 0. The van der Waals surface area contributed by atoms with E-state index in [2.05, 4.69) is 16.3 Å². The van der Waals surface area contributed by atoms with Crippen LogP contribution in [0.25, 0.3) is 5.65 Å². The first-order valence-corrected chi connectivity index (χ1v) is 13.5. The van der Waals surface area contributed by atoms with Gasteiger partial charge in [0, 0.05) is 23.9 Å². The van der Waals surface area contributed by atoms with Crippen molar-refractivity contribution in [2.24, 2.45) is 0 Å². The number of ether oxygens (including phenoxy) is 1. The summed E-state index contributed by atoms with van der Waals surface area (Å²) in [6, 6.07) is 16.4. The van der Waals surface area contributed by atoms with Crippen LogP contribution in [0.4, 0.5) is 24.8 Å². The number of fused-ring (bicyclic) bond motifs is 2. The summed E-state index contributed by atoms with van der Waals surface area (Å²) in [5.41, 5.74) is 1.30. The number of nitrogens with zero attached hydrogens (tertiary/aromatic N) is 6. The molecule has 0 saturated heterocycles. The van der Waals surface area contributed by atoms with Crippen LogP contribution in [-0.4, -0.2) is 32.2 Å². The van der Waals surface area contributed by atoms with Gasteiger partial charge in [-0.1, -0.05) is 18.2 Å². The third-order valence-corrected chi connectivity index (χ3v) is 7.74. The van der Waals surface area contributed by atoms with E-state index < -0.39 is 29.4 Å². The molecule has 0 fully saturated rings. The van der Waals surface area contributed by atoms with Crippen LogP contribution in [0.2, 0.25) is 0 Å². The van der Waals surface area contributed by atoms with Gasteiger partial charge in [0.2, 0.25) is 5.95 Å². The molecule has 44 heavy (non-hydrogen) atoms. The molecule has 1 aliphatic heterocycles. The van der Waals surface area contributed by atoms with Gasteiger partial charge < -0.3 is 4.74 Å². The fourth-order valence-corrected chi connectivity index (χ4v) is 5.71. The number of anilines is 2. The number of nitriles is 1. The monoisotopic (exact) mass is 600 g/mol. The van der Waals surface area contributed by atoms with E-state index in [0.29, 0.717) is 29.7 Å². The molecule has 0 bridgehead atoms. The molecule has 0 radical (unpaired) electrons. The predicted molar refractivity (Wildman–Crippen MR) is 152 cm³/mol. The van der Waals surface area contributed by atoms with Crippen LogP contribution in [0.15, 0.2) is 95.3 Å². The van der Waals surface area contributed by atoms with Crippen molar-refractivity contribution < 1.29 is 27.3 Å². The number of aromatic amines is 1. The van der Waals surface area contributed by atoms with Gasteiger partial charge in [-0.15, -0.1) is 5.10 Å². The highest BCUT2D eigenvalue weighted by Gasteiger charge is 2.41. The number of benzene rings is 2. The number of alkyl halides is 3. The normalized spacial score (nSPS) is 14.9. The van der Waals surface area contributed by atoms with Gasteiger partial charge in [0.15, 0.2) is 0 Å². The van der Waals surface area contributed by atoms with Crippen molar-refractivity contribution in [3.05, 3.63) is 123 Å². The molecule has 1 atom stereocenters. The number of rotatable bonds is 6. The fourth-order valence-electron chi connectivity index (χ4n) is 5.71. The minimum Gasteiger partial charge on any atom is -0.466 e. The van der Waals surface area contributed by atoms with E-state index >= 15 is 0 Å². The Kier molecular flexibility index (Phi) is 7.05. The summed E-state index contributed by atoms with van der Waals surface area (Å²) in [7, 11) is 1.19. The molecule has 10 nitrogen and oxygen atoms in total. The lowest BCUT2D eigenvalue weighted by Gasteiger charge is -2.36. The van der Waals surface area contributed by atoms with Crippen LogP contribution >= 0.6 is 0 Å². The Labute approximate surface area is 248 Å². The molecule has 0 spiro atoms. The Morgan fingerprint density at radius 1 is 1.14 bits per heavy atom. The highest BCUT2D eigenvalue weighted by atomic mass is 19.4. The lowest BCUT2D eigenvalue weighted by Crippen LogP contribution is -2.38. The Balaban J connectivity index is 1.52. The minimum atomic E-state index is -4.62. The van der Waals surface area contributed by atoms with E-state index in [9.17, 15) is 28.0 Å². The number of pyridine rings is 1. The summed E-state index contributed by atoms with van der Waals surface area (Å²) in [5.74, 6) is -0.779. The van der Waals surface area contributed by atoms with Crippen LogP contribution in [-0.2, 0) is 28.7 Å². The molecular weight excluding hydrogens is 575 g/mol. The maximum absolute atomic E-state index is 13.6. The summed E-state index contributed by atoms with van der Waals surface area (Å²) < 4.78 is 51.3. The number of esters is 1. The topological polar surface area (TPSA) is 112 Å². The standard InChI is InChI=1S/C31H24F3N7O3/c1-19-26(28(42)44-2)27(41-29(36-37-30(41)43)40(19)23-7-5-6-22(17-23)31(32,33)34)24-10-9-20(18-35)16-21(24)11-13-39-15-14-38-12-4-3-8-25(38)39/h3-10,12,14-17,27H,11,13H2,1-2H3/p+1/t27-/m1/s1. The number of methoxy groups -OCH3 is 1. The second-order valence-electron chi connectivity index (χ2n) is 10.2. The van der Waals surface area contributed by atoms with Crippen molar-refractivity contribution in [3.8, 4) is 6.07 Å². The van der Waals surface area contributed by atoms with Crippen molar-refractivity contribution in [1.82, 2.24) is 19.2 Å². The van der Waals surface area contributed by atoms with Crippen LogP contribution in [0.1, 0.15) is 35.2 Å². The van der Waals surface area contributed by atoms with Gasteiger partial charge in [-0.05, 0) is 54.4 Å². The molecular formula is C31H25F3N7O3+. The Bertz CT molecular complexity index is 2050. The first-order chi connectivity index (χ1) is 21.1. The molecule has 0 saturated carbocycles. The van der Waals surface area contributed by atoms with Gasteiger partial charge >= 0.3 is 17.8 Å². The number of nitrogens with one attached hydrogen (secondary N) is 1. The van der Waals surface area contributed by atoms with E-state index in [4.69, 9.17) is 4.74 Å². The van der Waals surface area contributed by atoms with Gasteiger partial charge in [-0.3, -0.25) is 4.90 Å². The maximum Gasteiger partial charge on any atom is 0.416 e. The molecule has 1 N–H and O–H groups in total. The summed E-state index contributed by atoms with van der Waals surface area (Å²) in [5, 5.41) is 16.2. The molecule has 13 heteroatoms. The van der Waals surface area contributed by atoms with E-state index in [-0.39, 0.29) is 22.9 Å². The number of carbonyl (C=O) groups excluding carboxylic acids is 1. The summed E-state index contributed by atoms with van der Waals surface area (Å²) in [6.45, 7) is 2.07. The van der Waals surface area contributed by atoms with Crippen molar-refractivity contribution in [2.75, 3.05) is 12.0 Å². The van der Waals surface area contributed by atoms with Crippen molar-refractivity contribution in [3.63, 3.8) is 0 Å². The fraction of sp³-hybridized carbons (Fsp3) is 0.194. The molecule has 5 aromatic rings. The predicted octanol–water partition coefficient (Wildman–Crippen LogP) is 4.43. The second-order valence-corrected chi connectivity index (χ2v) is 10.2. The molecule has 2 aromatic carbocycles. The molecule has 0 aliphatic carbocycles. The van der Waals surface area contributed by atoms with Crippen LogP contribution in [0.5, 0.6) is 0 Å². The summed E-state index contributed by atoms with van der Waals surface area (Å²) in [4.78, 5) is 28.1. The number of imidazole rings is 1.